The number of halogens is 2. The highest BCUT2D eigenvalue weighted by Gasteiger charge is 2.35. The van der Waals surface area contributed by atoms with Crippen LogP contribution in [-0.2, 0) is 19.1 Å². The molecule has 0 spiro atoms. The molecule has 1 atom stereocenters. The molecule has 0 fully saturated rings. The molecule has 1 unspecified atom stereocenters. The fraction of sp³-hybridized carbons (Fsp3) is 0.450. The monoisotopic (exact) mass is 488 g/mol. The summed E-state index contributed by atoms with van der Waals surface area (Å²) in [4.78, 5) is 37.8. The first kappa shape index (κ1) is 23.3. The minimum Gasteiger partial charge on any atom is -0.495 e. The number of carbonyl (C=O) groups excluding carboxylic acids is 3. The van der Waals surface area contributed by atoms with Crippen LogP contribution in [-0.4, -0.2) is 37.0 Å². The molecule has 0 bridgehead atoms. The second kappa shape index (κ2) is 9.21. The highest BCUT2D eigenvalue weighted by molar-refractivity contribution is 9.10. The van der Waals surface area contributed by atoms with Gasteiger partial charge in [0.2, 0.25) is 0 Å². The third-order valence-corrected chi connectivity index (χ3v) is 5.65. The lowest BCUT2D eigenvalue weighted by atomic mass is 9.98. The SMILES string of the molecule is CCOC(=O)CC(C(=O)OC(C)(C)C)C(=O)c1cc2c(F)c(Br)c(OC)cc2s1. The molecule has 0 radical (unpaired) electrons. The van der Waals surface area contributed by atoms with Gasteiger partial charge in [0.05, 0.1) is 29.5 Å². The summed E-state index contributed by atoms with van der Waals surface area (Å²) in [6.07, 6.45) is -0.453. The van der Waals surface area contributed by atoms with E-state index in [1.165, 1.54) is 13.2 Å². The summed E-state index contributed by atoms with van der Waals surface area (Å²) in [6.45, 7) is 6.73. The predicted molar refractivity (Wildman–Crippen MR) is 111 cm³/mol. The smallest absolute Gasteiger partial charge is 0.318 e. The van der Waals surface area contributed by atoms with Crippen LogP contribution in [0.25, 0.3) is 10.1 Å². The Kier molecular flexibility index (Phi) is 7.40. The summed E-state index contributed by atoms with van der Waals surface area (Å²) in [7, 11) is 1.41. The zero-order valence-electron chi connectivity index (χ0n) is 16.8. The zero-order chi connectivity index (χ0) is 21.9. The number of benzene rings is 1. The van der Waals surface area contributed by atoms with E-state index in [2.05, 4.69) is 15.9 Å². The van der Waals surface area contributed by atoms with Gasteiger partial charge in [-0.15, -0.1) is 11.3 Å². The summed E-state index contributed by atoms with van der Waals surface area (Å²) in [5.41, 5.74) is -0.839. The molecule has 0 aliphatic rings. The van der Waals surface area contributed by atoms with Gasteiger partial charge in [0.25, 0.3) is 0 Å². The molecule has 9 heteroatoms. The van der Waals surface area contributed by atoms with Gasteiger partial charge in [0.1, 0.15) is 23.1 Å². The quantitative estimate of drug-likeness (QED) is 0.313. The number of carbonyl (C=O) groups is 3. The number of Topliss-reactive ketones (excluding diaryl/α,β-unsaturated/α-hetero) is 1. The van der Waals surface area contributed by atoms with E-state index < -0.39 is 41.5 Å². The molecule has 0 amide bonds. The Hall–Kier alpha value is -2.00. The van der Waals surface area contributed by atoms with E-state index in [-0.39, 0.29) is 27.1 Å². The van der Waals surface area contributed by atoms with Crippen LogP contribution in [0, 0.1) is 11.7 Å². The van der Waals surface area contributed by atoms with Gasteiger partial charge in [0, 0.05) is 10.1 Å². The van der Waals surface area contributed by atoms with Crippen LogP contribution in [0.5, 0.6) is 5.75 Å². The third-order valence-electron chi connectivity index (χ3n) is 3.82. The Labute approximate surface area is 180 Å². The van der Waals surface area contributed by atoms with E-state index in [9.17, 15) is 18.8 Å². The Balaban J connectivity index is 2.45. The molecule has 0 aliphatic heterocycles. The lowest BCUT2D eigenvalue weighted by Crippen LogP contribution is -2.34. The fourth-order valence-electron chi connectivity index (χ4n) is 2.58. The van der Waals surface area contributed by atoms with E-state index in [0.29, 0.717) is 4.70 Å². The van der Waals surface area contributed by atoms with Crippen molar-refractivity contribution in [2.75, 3.05) is 13.7 Å². The fourth-order valence-corrected chi connectivity index (χ4v) is 4.15. The molecule has 2 aromatic rings. The molecular weight excluding hydrogens is 467 g/mol. The van der Waals surface area contributed by atoms with E-state index in [4.69, 9.17) is 14.2 Å². The maximum absolute atomic E-state index is 14.6. The standard InChI is InChI=1S/C20H22BrFO6S/c1-6-27-15(23)8-11(19(25)28-20(2,3)4)18(24)14-7-10-13(29-14)9-12(26-5)16(21)17(10)22/h7,9,11H,6,8H2,1-5H3. The third kappa shape index (κ3) is 5.54. The number of fused-ring (bicyclic) bond motifs is 1. The number of hydrogen-bond donors (Lipinski definition) is 0. The zero-order valence-corrected chi connectivity index (χ0v) is 19.2. The van der Waals surface area contributed by atoms with Crippen molar-refractivity contribution in [3.63, 3.8) is 0 Å². The van der Waals surface area contributed by atoms with Gasteiger partial charge < -0.3 is 14.2 Å². The topological polar surface area (TPSA) is 78.9 Å². The van der Waals surface area contributed by atoms with Gasteiger partial charge in [0.15, 0.2) is 5.78 Å². The molecule has 1 aromatic heterocycles. The predicted octanol–water partition coefficient (Wildman–Crippen LogP) is 4.91. The van der Waals surface area contributed by atoms with Crippen LogP contribution in [0.2, 0.25) is 0 Å². The van der Waals surface area contributed by atoms with Crippen LogP contribution in [0.1, 0.15) is 43.8 Å². The average molecular weight is 489 g/mol. The van der Waals surface area contributed by atoms with Crippen LogP contribution >= 0.6 is 27.3 Å². The first-order valence-corrected chi connectivity index (χ1v) is 10.5. The normalized spacial score (nSPS) is 12.5. The molecule has 0 aliphatic carbocycles. The Morgan fingerprint density at radius 2 is 1.90 bits per heavy atom. The van der Waals surface area contributed by atoms with E-state index in [0.717, 1.165) is 11.3 Å². The number of rotatable bonds is 7. The molecule has 1 heterocycles. The van der Waals surface area contributed by atoms with Crippen molar-refractivity contribution < 1.29 is 33.0 Å². The van der Waals surface area contributed by atoms with Gasteiger partial charge in [-0.2, -0.15) is 0 Å². The van der Waals surface area contributed by atoms with Gasteiger partial charge in [-0.3, -0.25) is 14.4 Å². The number of methoxy groups -OCH3 is 1. The Morgan fingerprint density at radius 3 is 2.45 bits per heavy atom. The summed E-state index contributed by atoms with van der Waals surface area (Å²) in [5, 5.41) is 0.213. The molecule has 6 nitrogen and oxygen atoms in total. The highest BCUT2D eigenvalue weighted by Crippen LogP contribution is 2.39. The molecule has 2 rings (SSSR count). The summed E-state index contributed by atoms with van der Waals surface area (Å²) in [5.74, 6) is -3.81. The number of hydrogen-bond acceptors (Lipinski definition) is 7. The Bertz CT molecular complexity index is 947. The maximum atomic E-state index is 14.6. The van der Waals surface area contributed by atoms with Crippen molar-refractivity contribution in [1.82, 2.24) is 0 Å². The summed E-state index contributed by atoms with van der Waals surface area (Å²) < 4.78 is 30.6. The van der Waals surface area contributed by atoms with Crippen molar-refractivity contribution in [2.24, 2.45) is 5.92 Å². The summed E-state index contributed by atoms with van der Waals surface area (Å²) in [6, 6.07) is 2.96. The molecule has 29 heavy (non-hydrogen) atoms. The maximum Gasteiger partial charge on any atom is 0.318 e. The van der Waals surface area contributed by atoms with E-state index >= 15 is 0 Å². The molecular formula is C20H22BrFO6S. The van der Waals surface area contributed by atoms with E-state index in [1.54, 1.807) is 33.8 Å². The lowest BCUT2D eigenvalue weighted by molar-refractivity contribution is -0.161. The van der Waals surface area contributed by atoms with Crippen LogP contribution < -0.4 is 4.74 Å². The molecule has 1 aromatic carbocycles. The molecule has 158 valence electrons. The first-order valence-electron chi connectivity index (χ1n) is 8.86. The number of thiophene rings is 1. The lowest BCUT2D eigenvalue weighted by Gasteiger charge is -2.22. The molecule has 0 saturated carbocycles. The van der Waals surface area contributed by atoms with Crippen LogP contribution in [0.3, 0.4) is 0 Å². The highest BCUT2D eigenvalue weighted by atomic mass is 79.9. The van der Waals surface area contributed by atoms with Gasteiger partial charge in [-0.25, -0.2) is 4.39 Å². The molecule has 0 N–H and O–H groups in total. The Morgan fingerprint density at radius 1 is 1.24 bits per heavy atom. The number of esters is 2. The van der Waals surface area contributed by atoms with Crippen molar-refractivity contribution in [2.45, 2.75) is 39.7 Å². The average Bonchev–Trinajstić information content (AvgIpc) is 3.05. The van der Waals surface area contributed by atoms with E-state index in [1.807, 2.05) is 0 Å². The van der Waals surface area contributed by atoms with Crippen molar-refractivity contribution in [1.29, 1.82) is 0 Å². The largest absolute Gasteiger partial charge is 0.495 e. The van der Waals surface area contributed by atoms with Crippen LogP contribution in [0.4, 0.5) is 4.39 Å². The van der Waals surface area contributed by atoms with Crippen LogP contribution in [0.15, 0.2) is 16.6 Å². The van der Waals surface area contributed by atoms with Gasteiger partial charge >= 0.3 is 11.9 Å². The van der Waals surface area contributed by atoms with Crippen molar-refractivity contribution in [3.8, 4) is 5.75 Å². The van der Waals surface area contributed by atoms with Crippen molar-refractivity contribution in [3.05, 3.63) is 27.3 Å². The number of ketones is 1. The second-order valence-electron chi connectivity index (χ2n) is 7.19. The van der Waals surface area contributed by atoms with Crippen molar-refractivity contribution >= 4 is 55.1 Å². The van der Waals surface area contributed by atoms with Gasteiger partial charge in [-0.05, 0) is 55.8 Å². The number of ether oxygens (including phenoxy) is 3. The molecule has 0 saturated heterocycles. The summed E-state index contributed by atoms with van der Waals surface area (Å²) >= 11 is 4.14. The van der Waals surface area contributed by atoms with Gasteiger partial charge in [-0.1, -0.05) is 0 Å². The first-order chi connectivity index (χ1) is 13.5. The minimum absolute atomic E-state index is 0.121. The minimum atomic E-state index is -1.38. The second-order valence-corrected chi connectivity index (χ2v) is 9.07.